The molecule has 2 heterocycles. The Morgan fingerprint density at radius 3 is 2.36 bits per heavy atom. The second kappa shape index (κ2) is 10.6. The molecule has 36 heavy (non-hydrogen) atoms. The maximum Gasteiger partial charge on any atom is 0.253 e. The zero-order valence-electron chi connectivity index (χ0n) is 20.1. The molecule has 2 fully saturated rings. The summed E-state index contributed by atoms with van der Waals surface area (Å²) in [6, 6.07) is 16.6. The number of amides is 2. The largest absolute Gasteiger partial charge is 0.348 e. The molecule has 1 unspecified atom stereocenters. The first-order valence-electron chi connectivity index (χ1n) is 12.4. The summed E-state index contributed by atoms with van der Waals surface area (Å²) in [6.45, 7) is 3.58. The van der Waals surface area contributed by atoms with Crippen LogP contribution in [0.5, 0.6) is 0 Å². The highest BCUT2D eigenvalue weighted by Gasteiger charge is 2.25. The number of rotatable bonds is 5. The van der Waals surface area contributed by atoms with Crippen molar-refractivity contribution in [1.29, 1.82) is 0 Å². The summed E-state index contributed by atoms with van der Waals surface area (Å²) in [4.78, 5) is 29.3. The molecule has 2 saturated heterocycles. The van der Waals surface area contributed by atoms with Crippen LogP contribution in [-0.4, -0.2) is 53.8 Å². The van der Waals surface area contributed by atoms with Crippen molar-refractivity contribution < 1.29 is 18.4 Å². The van der Waals surface area contributed by atoms with Crippen LogP contribution in [0.15, 0.2) is 72.3 Å². The fourth-order valence-corrected chi connectivity index (χ4v) is 5.06. The van der Waals surface area contributed by atoms with Gasteiger partial charge in [0.25, 0.3) is 5.91 Å². The van der Waals surface area contributed by atoms with Crippen LogP contribution in [0.25, 0.3) is 10.8 Å². The van der Waals surface area contributed by atoms with Gasteiger partial charge in [-0.3, -0.25) is 14.5 Å². The van der Waals surface area contributed by atoms with E-state index in [9.17, 15) is 18.4 Å². The second-order valence-electron chi connectivity index (χ2n) is 9.66. The third-order valence-corrected chi connectivity index (χ3v) is 7.01. The number of nitrogens with zero attached hydrogens (tertiary/aromatic N) is 2. The van der Waals surface area contributed by atoms with Crippen molar-refractivity contribution in [2.24, 2.45) is 0 Å². The summed E-state index contributed by atoms with van der Waals surface area (Å²) in [5.41, 5.74) is 2.69. The summed E-state index contributed by atoms with van der Waals surface area (Å²) in [7, 11) is 0. The minimum atomic E-state index is -0.363. The number of carbonyl (C=O) groups excluding carboxylic acids is 2. The van der Waals surface area contributed by atoms with Crippen LogP contribution in [-0.2, 0) is 11.3 Å². The monoisotopic (exact) mass is 489 g/mol. The van der Waals surface area contributed by atoms with Crippen LogP contribution in [0, 0.1) is 11.6 Å². The van der Waals surface area contributed by atoms with Crippen molar-refractivity contribution in [1.82, 2.24) is 15.1 Å². The highest BCUT2D eigenvalue weighted by molar-refractivity contribution is 5.94. The van der Waals surface area contributed by atoms with Gasteiger partial charge in [-0.15, -0.1) is 0 Å². The number of piperidine rings is 1. The number of nitrogens with one attached hydrogen (secondary N) is 1. The van der Waals surface area contributed by atoms with Gasteiger partial charge in [0.15, 0.2) is 0 Å². The number of benzene rings is 3. The number of hydrogen-bond donors (Lipinski definition) is 1. The van der Waals surface area contributed by atoms with Crippen molar-refractivity contribution in [3.63, 3.8) is 0 Å². The molecule has 2 aliphatic rings. The molecule has 0 bridgehead atoms. The van der Waals surface area contributed by atoms with Crippen molar-refractivity contribution in [3.05, 3.63) is 95.1 Å². The quantitative estimate of drug-likeness (QED) is 0.530. The molecule has 0 saturated carbocycles. The van der Waals surface area contributed by atoms with Gasteiger partial charge >= 0.3 is 0 Å². The molecule has 2 aliphatic heterocycles. The average molecular weight is 490 g/mol. The Balaban J connectivity index is 1.09. The zero-order chi connectivity index (χ0) is 25.1. The molecule has 2 amide bonds. The van der Waals surface area contributed by atoms with E-state index in [2.05, 4.69) is 16.3 Å². The van der Waals surface area contributed by atoms with Gasteiger partial charge in [0.1, 0.15) is 11.6 Å². The van der Waals surface area contributed by atoms with Gasteiger partial charge in [-0.05, 0) is 78.1 Å². The molecule has 3 aromatic carbocycles. The van der Waals surface area contributed by atoms with Gasteiger partial charge in [0.2, 0.25) is 5.91 Å². The molecule has 1 N–H and O–H groups in total. The first-order chi connectivity index (χ1) is 17.4. The Labute approximate surface area is 209 Å². The van der Waals surface area contributed by atoms with E-state index in [4.69, 9.17) is 0 Å². The minimum absolute atomic E-state index is 0.0807. The minimum Gasteiger partial charge on any atom is -0.348 e. The topological polar surface area (TPSA) is 52.7 Å². The van der Waals surface area contributed by atoms with Gasteiger partial charge in [-0.25, -0.2) is 8.78 Å². The highest BCUT2D eigenvalue weighted by atomic mass is 19.1. The Kier molecular flexibility index (Phi) is 7.09. The zero-order valence-corrected chi connectivity index (χ0v) is 20.1. The Morgan fingerprint density at radius 1 is 0.889 bits per heavy atom. The van der Waals surface area contributed by atoms with Gasteiger partial charge in [0, 0.05) is 50.4 Å². The molecule has 5 nitrogen and oxygen atoms in total. The lowest BCUT2D eigenvalue weighted by Crippen LogP contribution is -2.38. The highest BCUT2D eigenvalue weighted by Crippen LogP contribution is 2.21. The van der Waals surface area contributed by atoms with E-state index >= 15 is 0 Å². The van der Waals surface area contributed by atoms with Gasteiger partial charge in [-0.1, -0.05) is 23.8 Å². The smallest absolute Gasteiger partial charge is 0.253 e. The predicted octanol–water partition coefficient (Wildman–Crippen LogP) is 4.67. The number of fused-ring (bicyclic) bond motifs is 1. The van der Waals surface area contributed by atoms with Gasteiger partial charge in [0.05, 0.1) is 0 Å². The molecule has 186 valence electrons. The van der Waals surface area contributed by atoms with Crippen molar-refractivity contribution >= 4 is 22.6 Å². The van der Waals surface area contributed by atoms with E-state index < -0.39 is 0 Å². The van der Waals surface area contributed by atoms with E-state index in [1.807, 2.05) is 12.1 Å². The second-order valence-corrected chi connectivity index (χ2v) is 9.66. The molecule has 0 aliphatic carbocycles. The standard InChI is InChI=1S/C29H29F2N3O2/c30-25-6-3-22(4-7-25)29(36)34-13-9-20(10-14-34)16-28(35)32-27-11-12-33(19-27)18-21-1-2-24-17-26(31)8-5-23(24)15-21/h1-8,15-17,27H,9-14,18-19H2,(H,32,35). The molecular weight excluding hydrogens is 460 g/mol. The third-order valence-electron chi connectivity index (χ3n) is 7.01. The fourth-order valence-electron chi connectivity index (χ4n) is 5.06. The summed E-state index contributed by atoms with van der Waals surface area (Å²) in [6.07, 6.45) is 3.89. The van der Waals surface area contributed by atoms with Crippen molar-refractivity contribution in [3.8, 4) is 0 Å². The predicted molar refractivity (Wildman–Crippen MR) is 135 cm³/mol. The van der Waals surface area contributed by atoms with Gasteiger partial charge < -0.3 is 10.2 Å². The van der Waals surface area contributed by atoms with Crippen molar-refractivity contribution in [2.75, 3.05) is 26.2 Å². The number of halogens is 2. The van der Waals surface area contributed by atoms with Gasteiger partial charge in [-0.2, -0.15) is 0 Å². The summed E-state index contributed by atoms with van der Waals surface area (Å²) in [5.74, 6) is -0.781. The Morgan fingerprint density at radius 2 is 1.58 bits per heavy atom. The number of likely N-dealkylation sites (tertiary alicyclic amines) is 2. The van der Waals surface area contributed by atoms with Crippen LogP contribution in [0.3, 0.4) is 0 Å². The normalized spacial score (nSPS) is 18.4. The van der Waals surface area contributed by atoms with E-state index in [0.717, 1.165) is 42.4 Å². The molecule has 5 rings (SSSR count). The summed E-state index contributed by atoms with van der Waals surface area (Å²) < 4.78 is 26.5. The van der Waals surface area contributed by atoms with Crippen molar-refractivity contribution in [2.45, 2.75) is 31.8 Å². The summed E-state index contributed by atoms with van der Waals surface area (Å²) in [5, 5.41) is 5.04. The number of carbonyl (C=O) groups is 2. The molecule has 7 heteroatoms. The SMILES string of the molecule is O=C(C=C1CCN(C(=O)c2ccc(F)cc2)CC1)NC1CCN(Cc2ccc3cc(F)ccc3c2)C1. The van der Waals surface area contributed by atoms with Crippen LogP contribution in [0.1, 0.15) is 35.2 Å². The lowest BCUT2D eigenvalue weighted by Gasteiger charge is -2.28. The lowest BCUT2D eigenvalue weighted by molar-refractivity contribution is -0.117. The van der Waals surface area contributed by atoms with E-state index in [1.165, 1.54) is 35.9 Å². The first kappa shape index (κ1) is 24.1. The maximum atomic E-state index is 13.4. The maximum absolute atomic E-state index is 13.4. The molecule has 0 radical (unpaired) electrons. The van der Waals surface area contributed by atoms with Crippen LogP contribution in [0.4, 0.5) is 8.78 Å². The van der Waals surface area contributed by atoms with Crippen LogP contribution < -0.4 is 5.32 Å². The average Bonchev–Trinajstić information content (AvgIpc) is 3.31. The fraction of sp³-hybridized carbons (Fsp3) is 0.310. The van der Waals surface area contributed by atoms with E-state index in [1.54, 1.807) is 23.1 Å². The molecule has 1 atom stereocenters. The Hall–Kier alpha value is -3.58. The van der Waals surface area contributed by atoms with E-state index in [-0.39, 0.29) is 29.5 Å². The summed E-state index contributed by atoms with van der Waals surface area (Å²) >= 11 is 0. The number of hydrogen-bond acceptors (Lipinski definition) is 3. The molecule has 0 spiro atoms. The van der Waals surface area contributed by atoms with E-state index in [0.29, 0.717) is 31.5 Å². The molecular formula is C29H29F2N3O2. The molecule has 0 aromatic heterocycles. The Bertz CT molecular complexity index is 1300. The molecule has 3 aromatic rings. The van der Waals surface area contributed by atoms with Crippen LogP contribution >= 0.6 is 0 Å². The lowest BCUT2D eigenvalue weighted by atomic mass is 10.0. The van der Waals surface area contributed by atoms with Crippen LogP contribution in [0.2, 0.25) is 0 Å². The first-order valence-corrected chi connectivity index (χ1v) is 12.4. The third kappa shape index (κ3) is 5.79.